The number of alkyl halides is 3. The fourth-order valence-corrected chi connectivity index (χ4v) is 0.963. The maximum Gasteiger partial charge on any atom is 0.420 e. The topological polar surface area (TPSA) is 33.1 Å². The number of nitrogens with zero attached hydrogens (tertiary/aromatic N) is 1. The molecule has 0 spiro atoms. The van der Waals surface area contributed by atoms with Crippen LogP contribution < -0.4 is 0 Å². The predicted molar refractivity (Wildman–Crippen MR) is 44.7 cm³/mol. The summed E-state index contributed by atoms with van der Waals surface area (Å²) in [7, 11) is 0. The monoisotopic (exact) mass is 205 g/mol. The molecular weight excluding hydrogens is 195 g/mol. The summed E-state index contributed by atoms with van der Waals surface area (Å²) in [5, 5.41) is 8.88. The molecule has 2 nitrogen and oxygen atoms in total. The molecule has 0 amide bonds. The highest BCUT2D eigenvalue weighted by atomic mass is 19.4. The van der Waals surface area contributed by atoms with E-state index in [9.17, 15) is 13.2 Å². The van der Waals surface area contributed by atoms with Crippen molar-refractivity contribution in [2.24, 2.45) is 0 Å². The number of pyridine rings is 1. The summed E-state index contributed by atoms with van der Waals surface area (Å²) in [4.78, 5) is 3.54. The van der Waals surface area contributed by atoms with Crippen LogP contribution in [0.4, 0.5) is 13.2 Å². The minimum Gasteiger partial charge on any atom is -0.378 e. The van der Waals surface area contributed by atoms with E-state index in [0.29, 0.717) is 5.56 Å². The first-order valence-electron chi connectivity index (χ1n) is 4.00. The average molecular weight is 205 g/mol. The molecule has 1 heterocycles. The van der Waals surface area contributed by atoms with E-state index in [-0.39, 0.29) is 5.69 Å². The van der Waals surface area contributed by atoms with Crippen LogP contribution in [-0.2, 0) is 0 Å². The highest BCUT2D eigenvalue weighted by Gasteiger charge is 2.40. The summed E-state index contributed by atoms with van der Waals surface area (Å²) in [6.45, 7) is 3.41. The van der Waals surface area contributed by atoms with Crippen molar-refractivity contribution < 1.29 is 18.3 Å². The lowest BCUT2D eigenvalue weighted by Crippen LogP contribution is -2.21. The average Bonchev–Trinajstić information content (AvgIpc) is 2.07. The second-order valence-electron chi connectivity index (χ2n) is 3.14. The van der Waals surface area contributed by atoms with E-state index in [0.717, 1.165) is 5.56 Å². The van der Waals surface area contributed by atoms with Gasteiger partial charge in [0.1, 0.15) is 0 Å². The van der Waals surface area contributed by atoms with Crippen LogP contribution in [0, 0.1) is 13.8 Å². The molecule has 5 heteroatoms. The Morgan fingerprint density at radius 1 is 1.29 bits per heavy atom. The first-order valence-corrected chi connectivity index (χ1v) is 4.00. The number of rotatable bonds is 1. The fourth-order valence-electron chi connectivity index (χ4n) is 0.963. The van der Waals surface area contributed by atoms with E-state index in [1.54, 1.807) is 13.8 Å². The van der Waals surface area contributed by atoms with Gasteiger partial charge in [-0.05, 0) is 31.0 Å². The Morgan fingerprint density at radius 2 is 1.86 bits per heavy atom. The van der Waals surface area contributed by atoms with Crippen LogP contribution in [-0.4, -0.2) is 16.3 Å². The molecule has 78 valence electrons. The Morgan fingerprint density at radius 3 is 2.29 bits per heavy atom. The molecule has 1 aromatic heterocycles. The standard InChI is InChI=1S/C9H10F3NO/c1-5-3-7(13-4-6(5)2)8(14)9(10,11)12/h3-4,8,14H,1-2H3. The molecule has 1 N–H and O–H groups in total. The first-order chi connectivity index (χ1) is 6.32. The summed E-state index contributed by atoms with van der Waals surface area (Å²) < 4.78 is 36.2. The van der Waals surface area contributed by atoms with Crippen molar-refractivity contribution in [2.45, 2.75) is 26.1 Å². The number of hydrogen-bond acceptors (Lipinski definition) is 2. The summed E-state index contributed by atoms with van der Waals surface area (Å²) >= 11 is 0. The molecular formula is C9H10F3NO. The van der Waals surface area contributed by atoms with Gasteiger partial charge in [0.25, 0.3) is 0 Å². The summed E-state index contributed by atoms with van der Waals surface area (Å²) in [6.07, 6.45) is -5.84. The van der Waals surface area contributed by atoms with E-state index < -0.39 is 12.3 Å². The zero-order chi connectivity index (χ0) is 10.9. The van der Waals surface area contributed by atoms with Crippen LogP contribution in [0.2, 0.25) is 0 Å². The SMILES string of the molecule is Cc1cnc(C(O)C(F)(F)F)cc1C. The smallest absolute Gasteiger partial charge is 0.378 e. The van der Waals surface area contributed by atoms with Crippen LogP contribution in [0.3, 0.4) is 0 Å². The molecule has 0 saturated carbocycles. The van der Waals surface area contributed by atoms with Gasteiger partial charge in [0.15, 0.2) is 6.10 Å². The zero-order valence-electron chi connectivity index (χ0n) is 7.76. The van der Waals surface area contributed by atoms with Crippen molar-refractivity contribution in [1.82, 2.24) is 4.98 Å². The molecule has 0 radical (unpaired) electrons. The van der Waals surface area contributed by atoms with Crippen LogP contribution in [0.5, 0.6) is 0 Å². The maximum atomic E-state index is 12.1. The van der Waals surface area contributed by atoms with Gasteiger partial charge in [0.05, 0.1) is 5.69 Å². The van der Waals surface area contributed by atoms with Crippen molar-refractivity contribution in [3.63, 3.8) is 0 Å². The van der Waals surface area contributed by atoms with Gasteiger partial charge in [0, 0.05) is 6.20 Å². The lowest BCUT2D eigenvalue weighted by Gasteiger charge is -2.14. The minimum absolute atomic E-state index is 0.361. The zero-order valence-corrected chi connectivity index (χ0v) is 7.76. The summed E-state index contributed by atoms with van der Waals surface area (Å²) in [5.41, 5.74) is 1.11. The third kappa shape index (κ3) is 2.23. The van der Waals surface area contributed by atoms with Crippen LogP contribution >= 0.6 is 0 Å². The van der Waals surface area contributed by atoms with Crippen LogP contribution in [0.25, 0.3) is 0 Å². The van der Waals surface area contributed by atoms with Crippen molar-refractivity contribution in [3.05, 3.63) is 29.1 Å². The van der Waals surface area contributed by atoms with Gasteiger partial charge in [-0.25, -0.2) is 0 Å². The number of aromatic nitrogens is 1. The highest BCUT2D eigenvalue weighted by molar-refractivity contribution is 5.25. The van der Waals surface area contributed by atoms with E-state index in [4.69, 9.17) is 5.11 Å². The largest absolute Gasteiger partial charge is 0.420 e. The quantitative estimate of drug-likeness (QED) is 0.763. The van der Waals surface area contributed by atoms with E-state index >= 15 is 0 Å². The van der Waals surface area contributed by atoms with E-state index in [1.165, 1.54) is 12.3 Å². The molecule has 1 atom stereocenters. The molecule has 0 aliphatic carbocycles. The maximum absolute atomic E-state index is 12.1. The Labute approximate surface area is 79.4 Å². The summed E-state index contributed by atoms with van der Waals surface area (Å²) in [5.74, 6) is 0. The number of hydrogen-bond donors (Lipinski definition) is 1. The van der Waals surface area contributed by atoms with Gasteiger partial charge in [-0.15, -0.1) is 0 Å². The van der Waals surface area contributed by atoms with Crippen molar-refractivity contribution in [3.8, 4) is 0 Å². The van der Waals surface area contributed by atoms with Gasteiger partial charge in [-0.3, -0.25) is 4.98 Å². The molecule has 1 unspecified atom stereocenters. The second kappa shape index (κ2) is 3.57. The van der Waals surface area contributed by atoms with Gasteiger partial charge in [-0.2, -0.15) is 13.2 Å². The number of aryl methyl sites for hydroxylation is 2. The Kier molecular flexibility index (Phi) is 2.80. The van der Waals surface area contributed by atoms with Gasteiger partial charge in [0.2, 0.25) is 0 Å². The Hall–Kier alpha value is -1.10. The Bertz CT molecular complexity index is 335. The third-order valence-electron chi connectivity index (χ3n) is 1.98. The molecule has 0 fully saturated rings. The molecule has 0 aromatic carbocycles. The third-order valence-corrected chi connectivity index (χ3v) is 1.98. The minimum atomic E-state index is -4.66. The van der Waals surface area contributed by atoms with E-state index in [1.807, 2.05) is 0 Å². The van der Waals surface area contributed by atoms with Crippen molar-refractivity contribution in [2.75, 3.05) is 0 Å². The second-order valence-corrected chi connectivity index (χ2v) is 3.14. The van der Waals surface area contributed by atoms with Crippen LogP contribution in [0.1, 0.15) is 22.9 Å². The summed E-state index contributed by atoms with van der Waals surface area (Å²) in [6, 6.07) is 1.24. The highest BCUT2D eigenvalue weighted by Crippen LogP contribution is 2.31. The molecule has 1 rings (SSSR count). The molecule has 0 aliphatic rings. The van der Waals surface area contributed by atoms with Gasteiger partial charge in [-0.1, -0.05) is 0 Å². The van der Waals surface area contributed by atoms with E-state index in [2.05, 4.69) is 4.98 Å². The molecule has 14 heavy (non-hydrogen) atoms. The molecule has 0 bridgehead atoms. The molecule has 0 saturated heterocycles. The van der Waals surface area contributed by atoms with Crippen molar-refractivity contribution >= 4 is 0 Å². The van der Waals surface area contributed by atoms with Gasteiger partial charge >= 0.3 is 6.18 Å². The number of aliphatic hydroxyl groups is 1. The van der Waals surface area contributed by atoms with Gasteiger partial charge < -0.3 is 5.11 Å². The van der Waals surface area contributed by atoms with Crippen molar-refractivity contribution in [1.29, 1.82) is 0 Å². The predicted octanol–water partition coefficient (Wildman–Crippen LogP) is 2.29. The molecule has 1 aromatic rings. The Balaban J connectivity index is 3.03. The first kappa shape index (κ1) is 11.0. The fraction of sp³-hybridized carbons (Fsp3) is 0.444. The normalized spacial score (nSPS) is 14.1. The van der Waals surface area contributed by atoms with Crippen LogP contribution in [0.15, 0.2) is 12.3 Å². The molecule has 0 aliphatic heterocycles. The lowest BCUT2D eigenvalue weighted by molar-refractivity contribution is -0.207. The number of halogens is 3. The lowest BCUT2D eigenvalue weighted by atomic mass is 10.1. The number of aliphatic hydroxyl groups excluding tert-OH is 1.